The number of rotatable bonds is 8. The second kappa shape index (κ2) is 12.5. The van der Waals surface area contributed by atoms with E-state index in [-0.39, 0.29) is 51.4 Å². The third-order valence-corrected chi connectivity index (χ3v) is 2.56. The van der Waals surface area contributed by atoms with Gasteiger partial charge in [0.15, 0.2) is 0 Å². The van der Waals surface area contributed by atoms with Gasteiger partial charge >= 0.3 is 57.4 Å². The first-order valence-electron chi connectivity index (χ1n) is 5.32. The van der Waals surface area contributed by atoms with E-state index in [0.717, 1.165) is 0 Å². The zero-order valence-electron chi connectivity index (χ0n) is 11.3. The number of hydrogen-bond acceptors (Lipinski definition) is 6. The number of esters is 1. The van der Waals surface area contributed by atoms with E-state index in [1.165, 1.54) is 6.08 Å². The largest absolute Gasteiger partial charge is 1.00 e. The number of nitrogens with one attached hydrogen (secondary N) is 1. The van der Waals surface area contributed by atoms with Crippen molar-refractivity contribution in [1.82, 2.24) is 5.32 Å². The van der Waals surface area contributed by atoms with Crippen LogP contribution in [-0.4, -0.2) is 36.6 Å². The molecule has 0 aromatic carbocycles. The standard InChI is InChI=1S/C11H19NO4S.K/c1-4-16-10(13)7-8(2)12-9(11(14)15)5-6-17-3;/h7,9,12H,4-6H2,1-3H3,(H,14,15);/q;+1/p-1/b8-7+;/t9-;/m0./s1. The van der Waals surface area contributed by atoms with Crippen molar-refractivity contribution in [3.63, 3.8) is 0 Å². The number of hydrogen-bond donors (Lipinski definition) is 1. The van der Waals surface area contributed by atoms with Crippen LogP contribution in [0.1, 0.15) is 20.3 Å². The summed E-state index contributed by atoms with van der Waals surface area (Å²) in [5, 5.41) is 13.6. The van der Waals surface area contributed by atoms with Crippen LogP contribution in [-0.2, 0) is 14.3 Å². The van der Waals surface area contributed by atoms with E-state index in [0.29, 0.717) is 24.5 Å². The van der Waals surface area contributed by atoms with Gasteiger partial charge in [0.05, 0.1) is 18.6 Å². The number of carbonyl (C=O) groups is 2. The Morgan fingerprint density at radius 2 is 2.11 bits per heavy atom. The smallest absolute Gasteiger partial charge is 0.548 e. The van der Waals surface area contributed by atoms with E-state index < -0.39 is 18.0 Å². The van der Waals surface area contributed by atoms with Gasteiger partial charge in [0, 0.05) is 11.8 Å². The molecule has 0 bridgehead atoms. The molecule has 0 aliphatic rings. The minimum Gasteiger partial charge on any atom is -0.548 e. The Hall–Kier alpha value is 0.466. The molecule has 7 heteroatoms. The molecular weight excluding hydrogens is 281 g/mol. The van der Waals surface area contributed by atoms with Gasteiger partial charge in [-0.3, -0.25) is 0 Å². The Bertz CT molecular complexity index is 297. The van der Waals surface area contributed by atoms with E-state index in [1.54, 1.807) is 25.6 Å². The first-order chi connectivity index (χ1) is 8.01. The molecule has 0 saturated heterocycles. The van der Waals surface area contributed by atoms with Crippen LogP contribution in [0.3, 0.4) is 0 Å². The van der Waals surface area contributed by atoms with Crippen LogP contribution < -0.4 is 61.8 Å². The van der Waals surface area contributed by atoms with E-state index in [1.807, 2.05) is 6.26 Å². The summed E-state index contributed by atoms with van der Waals surface area (Å²) in [6, 6.07) is -0.784. The number of carbonyl (C=O) groups excluding carboxylic acids is 2. The van der Waals surface area contributed by atoms with Crippen molar-refractivity contribution >= 4 is 23.7 Å². The quantitative estimate of drug-likeness (QED) is 0.291. The molecule has 0 heterocycles. The SMILES string of the molecule is CCOC(=O)/C=C(\C)N[C@@H](CCSC)C(=O)[O-].[K+]. The van der Waals surface area contributed by atoms with E-state index in [4.69, 9.17) is 4.74 Å². The summed E-state index contributed by atoms with van der Waals surface area (Å²) >= 11 is 1.55. The number of carboxylic acids is 1. The van der Waals surface area contributed by atoms with Crippen LogP contribution in [0.4, 0.5) is 0 Å². The Labute approximate surface area is 155 Å². The molecule has 0 aliphatic heterocycles. The van der Waals surface area contributed by atoms with Crippen molar-refractivity contribution in [2.45, 2.75) is 26.3 Å². The van der Waals surface area contributed by atoms with Gasteiger partial charge in [0.25, 0.3) is 0 Å². The van der Waals surface area contributed by atoms with Crippen molar-refractivity contribution in [2.24, 2.45) is 0 Å². The number of thioether (sulfide) groups is 1. The third-order valence-electron chi connectivity index (χ3n) is 1.92. The Morgan fingerprint density at radius 3 is 2.56 bits per heavy atom. The minimum absolute atomic E-state index is 0. The summed E-state index contributed by atoms with van der Waals surface area (Å²) < 4.78 is 4.71. The molecule has 18 heavy (non-hydrogen) atoms. The van der Waals surface area contributed by atoms with Gasteiger partial charge in [-0.05, 0) is 32.3 Å². The van der Waals surface area contributed by atoms with Crippen LogP contribution in [0.5, 0.6) is 0 Å². The summed E-state index contributed by atoms with van der Waals surface area (Å²) in [5.74, 6) is -0.951. The van der Waals surface area contributed by atoms with Crippen LogP contribution in [0.25, 0.3) is 0 Å². The van der Waals surface area contributed by atoms with Crippen molar-refractivity contribution in [3.05, 3.63) is 11.8 Å². The Balaban J connectivity index is 0. The van der Waals surface area contributed by atoms with Crippen molar-refractivity contribution in [1.29, 1.82) is 0 Å². The van der Waals surface area contributed by atoms with Crippen molar-refractivity contribution in [3.8, 4) is 0 Å². The predicted molar refractivity (Wildman–Crippen MR) is 65.3 cm³/mol. The summed E-state index contributed by atoms with van der Waals surface area (Å²) in [6.07, 6.45) is 3.57. The van der Waals surface area contributed by atoms with Gasteiger partial charge in [0.1, 0.15) is 0 Å². The molecule has 0 fully saturated rings. The van der Waals surface area contributed by atoms with E-state index in [9.17, 15) is 14.7 Å². The molecule has 0 unspecified atom stereocenters. The predicted octanol–water partition coefficient (Wildman–Crippen LogP) is -3.08. The molecule has 0 radical (unpaired) electrons. The molecule has 0 rings (SSSR count). The number of aliphatic carboxylic acids is 1. The fraction of sp³-hybridized carbons (Fsp3) is 0.636. The first-order valence-corrected chi connectivity index (χ1v) is 6.72. The zero-order chi connectivity index (χ0) is 13.3. The van der Waals surface area contributed by atoms with Gasteiger partial charge in [0.2, 0.25) is 0 Å². The Morgan fingerprint density at radius 1 is 1.50 bits per heavy atom. The summed E-state index contributed by atoms with van der Waals surface area (Å²) in [6.45, 7) is 3.61. The number of ether oxygens (including phenoxy) is 1. The van der Waals surface area contributed by atoms with Gasteiger partial charge < -0.3 is 20.0 Å². The number of allylic oxidation sites excluding steroid dienone is 1. The Kier molecular flexibility index (Phi) is 14.4. The minimum atomic E-state index is -1.17. The molecule has 5 nitrogen and oxygen atoms in total. The molecule has 1 N–H and O–H groups in total. The molecule has 0 amide bonds. The average molecular weight is 299 g/mol. The van der Waals surface area contributed by atoms with Crippen LogP contribution in [0.15, 0.2) is 11.8 Å². The maximum absolute atomic E-state index is 11.1. The molecule has 0 aromatic heterocycles. The maximum Gasteiger partial charge on any atom is 1.00 e. The summed E-state index contributed by atoms with van der Waals surface area (Å²) in [7, 11) is 0. The average Bonchev–Trinajstić information content (AvgIpc) is 2.23. The topological polar surface area (TPSA) is 78.5 Å². The zero-order valence-corrected chi connectivity index (χ0v) is 15.3. The van der Waals surface area contributed by atoms with Crippen molar-refractivity contribution < 1.29 is 70.8 Å². The van der Waals surface area contributed by atoms with Crippen molar-refractivity contribution in [2.75, 3.05) is 18.6 Å². The monoisotopic (exact) mass is 299 g/mol. The third kappa shape index (κ3) is 10.4. The normalized spacial score (nSPS) is 12.3. The van der Waals surface area contributed by atoms with Crippen LogP contribution in [0, 0.1) is 0 Å². The van der Waals surface area contributed by atoms with Gasteiger partial charge in [-0.1, -0.05) is 0 Å². The number of carboxylic acid groups (broad SMARTS) is 1. The molecular formula is C11H18KNO4S. The molecule has 98 valence electrons. The van der Waals surface area contributed by atoms with Crippen LogP contribution in [0.2, 0.25) is 0 Å². The van der Waals surface area contributed by atoms with Gasteiger partial charge in [-0.2, -0.15) is 11.8 Å². The maximum atomic E-state index is 11.1. The first kappa shape index (κ1) is 20.8. The molecule has 0 saturated carbocycles. The van der Waals surface area contributed by atoms with Gasteiger partial charge in [-0.25, -0.2) is 4.79 Å². The van der Waals surface area contributed by atoms with Gasteiger partial charge in [-0.15, -0.1) is 0 Å². The molecule has 1 atom stereocenters. The fourth-order valence-corrected chi connectivity index (χ4v) is 1.63. The summed E-state index contributed by atoms with van der Waals surface area (Å²) in [4.78, 5) is 21.9. The second-order valence-electron chi connectivity index (χ2n) is 3.38. The van der Waals surface area contributed by atoms with E-state index in [2.05, 4.69) is 5.32 Å². The van der Waals surface area contributed by atoms with E-state index >= 15 is 0 Å². The molecule has 0 aliphatic carbocycles. The fourth-order valence-electron chi connectivity index (χ4n) is 1.16. The molecule has 0 aromatic rings. The molecule has 0 spiro atoms. The summed E-state index contributed by atoms with van der Waals surface area (Å²) in [5.41, 5.74) is 0.457. The second-order valence-corrected chi connectivity index (χ2v) is 4.36. The van der Waals surface area contributed by atoms with Crippen LogP contribution >= 0.6 is 11.8 Å².